The van der Waals surface area contributed by atoms with Gasteiger partial charge in [-0.2, -0.15) is 0 Å². The summed E-state index contributed by atoms with van der Waals surface area (Å²) in [4.78, 5) is 0. The van der Waals surface area contributed by atoms with E-state index in [-0.39, 0.29) is 25.0 Å². The fraction of sp³-hybridized carbons (Fsp3) is 1.00. The molecule has 0 aromatic carbocycles. The summed E-state index contributed by atoms with van der Waals surface area (Å²) in [7, 11) is 0. The van der Waals surface area contributed by atoms with Crippen LogP contribution in [0.15, 0.2) is 0 Å². The molecule has 1 saturated carbocycles. The molecule has 0 amide bonds. The molecule has 1 unspecified atom stereocenters. The summed E-state index contributed by atoms with van der Waals surface area (Å²) in [5.74, 6) is 0. The molecule has 3 N–H and O–H groups in total. The normalized spacial score (nSPS) is 33.4. The summed E-state index contributed by atoms with van der Waals surface area (Å²) in [5, 5.41) is 22.1. The lowest BCUT2D eigenvalue weighted by Crippen LogP contribution is -2.58. The zero-order valence-electron chi connectivity index (χ0n) is 9.33. The van der Waals surface area contributed by atoms with Crippen LogP contribution in [0.5, 0.6) is 0 Å². The SMILES string of the molecule is CC1OC2(CCCCC2)NC1(CO)CO. The molecule has 1 spiro atoms. The number of hydrogen-bond acceptors (Lipinski definition) is 4. The Hall–Kier alpha value is -0.160. The second-order valence-electron chi connectivity index (χ2n) is 4.91. The molecule has 1 heterocycles. The van der Waals surface area contributed by atoms with Crippen LogP contribution < -0.4 is 5.32 Å². The maximum Gasteiger partial charge on any atom is 0.120 e. The van der Waals surface area contributed by atoms with Crippen molar-refractivity contribution < 1.29 is 14.9 Å². The van der Waals surface area contributed by atoms with Crippen molar-refractivity contribution in [2.24, 2.45) is 0 Å². The van der Waals surface area contributed by atoms with Crippen molar-refractivity contribution in [2.45, 2.75) is 56.4 Å². The van der Waals surface area contributed by atoms with E-state index in [1.165, 1.54) is 6.42 Å². The highest BCUT2D eigenvalue weighted by Crippen LogP contribution is 2.39. The predicted octanol–water partition coefficient (Wildman–Crippen LogP) is 0.378. The highest BCUT2D eigenvalue weighted by atomic mass is 16.5. The molecule has 15 heavy (non-hydrogen) atoms. The van der Waals surface area contributed by atoms with Gasteiger partial charge in [0.1, 0.15) is 5.72 Å². The molecule has 0 aromatic heterocycles. The highest BCUT2D eigenvalue weighted by molar-refractivity contribution is 5.05. The zero-order valence-corrected chi connectivity index (χ0v) is 9.33. The minimum atomic E-state index is -0.655. The molecule has 2 fully saturated rings. The average molecular weight is 215 g/mol. The molecule has 0 aromatic rings. The molecule has 1 aliphatic heterocycles. The molecule has 2 rings (SSSR count). The molecular weight excluding hydrogens is 194 g/mol. The zero-order chi connectivity index (χ0) is 10.9. The summed E-state index contributed by atoms with van der Waals surface area (Å²) in [6.07, 6.45) is 5.41. The molecule has 0 radical (unpaired) electrons. The van der Waals surface area contributed by atoms with E-state index in [0.29, 0.717) is 0 Å². The molecule has 88 valence electrons. The summed E-state index contributed by atoms with van der Waals surface area (Å²) in [6.45, 7) is 1.77. The Bertz CT molecular complexity index is 222. The van der Waals surface area contributed by atoms with Gasteiger partial charge in [0.15, 0.2) is 0 Å². The van der Waals surface area contributed by atoms with Gasteiger partial charge < -0.3 is 14.9 Å². The molecule has 2 aliphatic rings. The molecule has 1 saturated heterocycles. The fourth-order valence-electron chi connectivity index (χ4n) is 2.79. The van der Waals surface area contributed by atoms with Gasteiger partial charge >= 0.3 is 0 Å². The fourth-order valence-corrected chi connectivity index (χ4v) is 2.79. The van der Waals surface area contributed by atoms with Crippen molar-refractivity contribution in [1.82, 2.24) is 5.32 Å². The van der Waals surface area contributed by atoms with Crippen LogP contribution in [0, 0.1) is 0 Å². The van der Waals surface area contributed by atoms with E-state index < -0.39 is 5.54 Å². The first kappa shape index (κ1) is 11.3. The third-order valence-electron chi connectivity index (χ3n) is 3.88. The number of hydrogen-bond donors (Lipinski definition) is 3. The van der Waals surface area contributed by atoms with Gasteiger partial charge in [-0.25, -0.2) is 0 Å². The minimum absolute atomic E-state index is 0.0770. The van der Waals surface area contributed by atoms with Crippen LogP contribution >= 0.6 is 0 Å². The Morgan fingerprint density at radius 2 is 1.80 bits per heavy atom. The topological polar surface area (TPSA) is 61.7 Å². The average Bonchev–Trinajstić information content (AvgIpc) is 2.53. The van der Waals surface area contributed by atoms with Crippen LogP contribution in [-0.2, 0) is 4.74 Å². The maximum atomic E-state index is 9.40. The first-order chi connectivity index (χ1) is 7.16. The van der Waals surface area contributed by atoms with Crippen LogP contribution in [0.1, 0.15) is 39.0 Å². The smallest absolute Gasteiger partial charge is 0.120 e. The second-order valence-corrected chi connectivity index (χ2v) is 4.91. The first-order valence-corrected chi connectivity index (χ1v) is 5.85. The quantitative estimate of drug-likeness (QED) is 0.623. The van der Waals surface area contributed by atoms with E-state index in [2.05, 4.69) is 5.32 Å². The van der Waals surface area contributed by atoms with Gasteiger partial charge in [-0.05, 0) is 32.6 Å². The summed E-state index contributed by atoms with van der Waals surface area (Å²) in [6, 6.07) is 0. The minimum Gasteiger partial charge on any atom is -0.394 e. The van der Waals surface area contributed by atoms with Crippen molar-refractivity contribution in [3.8, 4) is 0 Å². The maximum absolute atomic E-state index is 9.40. The van der Waals surface area contributed by atoms with Gasteiger partial charge in [0.25, 0.3) is 0 Å². The monoisotopic (exact) mass is 215 g/mol. The van der Waals surface area contributed by atoms with Crippen LogP contribution in [0.25, 0.3) is 0 Å². The van der Waals surface area contributed by atoms with Gasteiger partial charge in [-0.3, -0.25) is 5.32 Å². The highest BCUT2D eigenvalue weighted by Gasteiger charge is 2.52. The Balaban J connectivity index is 2.13. The Labute approximate surface area is 90.6 Å². The van der Waals surface area contributed by atoms with Crippen LogP contribution in [0.2, 0.25) is 0 Å². The van der Waals surface area contributed by atoms with E-state index in [4.69, 9.17) is 4.74 Å². The van der Waals surface area contributed by atoms with E-state index in [0.717, 1.165) is 25.7 Å². The lowest BCUT2D eigenvalue weighted by molar-refractivity contribution is -0.0712. The van der Waals surface area contributed by atoms with Crippen LogP contribution in [0.4, 0.5) is 0 Å². The number of nitrogens with one attached hydrogen (secondary N) is 1. The molecule has 1 atom stereocenters. The molecule has 4 heteroatoms. The molecular formula is C11H21NO3. The second kappa shape index (κ2) is 4.01. The third kappa shape index (κ3) is 1.80. The Morgan fingerprint density at radius 1 is 1.20 bits per heavy atom. The Kier molecular flexibility index (Phi) is 3.03. The molecule has 4 nitrogen and oxygen atoms in total. The van der Waals surface area contributed by atoms with Gasteiger partial charge in [0, 0.05) is 0 Å². The van der Waals surface area contributed by atoms with Gasteiger partial charge in [0.05, 0.1) is 24.9 Å². The van der Waals surface area contributed by atoms with E-state index >= 15 is 0 Å². The van der Waals surface area contributed by atoms with E-state index in [9.17, 15) is 10.2 Å². The molecule has 0 bridgehead atoms. The summed E-state index contributed by atoms with van der Waals surface area (Å²) < 4.78 is 5.96. The molecule has 1 aliphatic carbocycles. The Morgan fingerprint density at radius 3 is 2.27 bits per heavy atom. The van der Waals surface area contributed by atoms with Gasteiger partial charge in [0.2, 0.25) is 0 Å². The summed E-state index contributed by atoms with van der Waals surface area (Å²) in [5.41, 5.74) is -0.944. The van der Waals surface area contributed by atoms with E-state index in [1.54, 1.807) is 0 Å². The van der Waals surface area contributed by atoms with Crippen molar-refractivity contribution in [1.29, 1.82) is 0 Å². The van der Waals surface area contributed by atoms with Gasteiger partial charge in [-0.1, -0.05) is 6.42 Å². The van der Waals surface area contributed by atoms with Crippen LogP contribution in [0.3, 0.4) is 0 Å². The van der Waals surface area contributed by atoms with Crippen molar-refractivity contribution >= 4 is 0 Å². The van der Waals surface area contributed by atoms with Crippen molar-refractivity contribution in [3.05, 3.63) is 0 Å². The third-order valence-corrected chi connectivity index (χ3v) is 3.88. The van der Waals surface area contributed by atoms with Crippen LogP contribution in [-0.4, -0.2) is 40.8 Å². The van der Waals surface area contributed by atoms with Gasteiger partial charge in [-0.15, -0.1) is 0 Å². The predicted molar refractivity (Wildman–Crippen MR) is 56.4 cm³/mol. The van der Waals surface area contributed by atoms with Crippen molar-refractivity contribution in [3.63, 3.8) is 0 Å². The standard InChI is InChI=1S/C11H21NO3/c1-9-10(7-13,8-14)12-11(15-9)5-3-2-4-6-11/h9,12-14H,2-8H2,1H3. The number of aliphatic hydroxyl groups is 2. The largest absolute Gasteiger partial charge is 0.394 e. The lowest BCUT2D eigenvalue weighted by atomic mass is 9.90. The number of rotatable bonds is 2. The summed E-state index contributed by atoms with van der Waals surface area (Å²) >= 11 is 0. The first-order valence-electron chi connectivity index (χ1n) is 5.85. The number of ether oxygens (including phenoxy) is 1. The van der Waals surface area contributed by atoms with E-state index in [1.807, 2.05) is 6.92 Å². The van der Waals surface area contributed by atoms with Crippen molar-refractivity contribution in [2.75, 3.05) is 13.2 Å². The lowest BCUT2D eigenvalue weighted by Gasteiger charge is -2.35. The number of aliphatic hydroxyl groups excluding tert-OH is 2.